The average molecular weight is 644 g/mol. The number of hydrogen-bond acceptors (Lipinski definition) is 0. The molecule has 0 unspecified atom stereocenters. The second kappa shape index (κ2) is 20.2. The second-order valence-electron chi connectivity index (χ2n) is 7.35. The van der Waals surface area contributed by atoms with E-state index in [1.165, 1.54) is 33.5 Å². The predicted molar refractivity (Wildman–Crippen MR) is 154 cm³/mol. The van der Waals surface area contributed by atoms with E-state index in [1.807, 2.05) is 0 Å². The first kappa shape index (κ1) is 34.1. The molecule has 4 rings (SSSR count). The molecule has 0 aromatic heterocycles. The molecule has 0 saturated carbocycles. The van der Waals surface area contributed by atoms with Gasteiger partial charge in [0.1, 0.15) is 0 Å². The van der Waals surface area contributed by atoms with Crippen LogP contribution in [-0.2, 0) is 0 Å². The van der Waals surface area contributed by atoms with Gasteiger partial charge in [-0.05, 0) is 62.2 Å². The summed E-state index contributed by atoms with van der Waals surface area (Å²) in [5.74, 6) is 0. The summed E-state index contributed by atoms with van der Waals surface area (Å²) in [6, 6.07) is 43.1. The molecule has 4 aromatic rings. The van der Waals surface area contributed by atoms with Crippen LogP contribution >= 0.6 is 15.8 Å². The van der Waals surface area contributed by atoms with Gasteiger partial charge in [-0.2, -0.15) is 0 Å². The van der Waals surface area contributed by atoms with Crippen LogP contribution < -0.4 is 46.0 Å². The third kappa shape index (κ3) is 11.4. The number of benzene rings is 4. The SMILES string of the molecule is [CH2]CCP(c1ccccc1)c1ccccc1.[CH2]CCP(c1ccccc1)c1ccccc1.[Cl-].[Cl-].[Sn+2]. The first-order valence-electron chi connectivity index (χ1n) is 11.2. The zero-order chi connectivity index (χ0) is 22.4. The van der Waals surface area contributed by atoms with E-state index in [4.69, 9.17) is 0 Å². The van der Waals surface area contributed by atoms with Crippen LogP contribution in [0.5, 0.6) is 0 Å². The van der Waals surface area contributed by atoms with Gasteiger partial charge in [0, 0.05) is 0 Å². The summed E-state index contributed by atoms with van der Waals surface area (Å²) in [5.41, 5.74) is 0. The van der Waals surface area contributed by atoms with Gasteiger partial charge in [0.05, 0.1) is 0 Å². The zero-order valence-corrected chi connectivity index (χ0v) is 26.1. The smallest absolute Gasteiger partial charge is 1.00 e. The monoisotopic (exact) mass is 644 g/mol. The van der Waals surface area contributed by atoms with Crippen LogP contribution in [0, 0.1) is 13.8 Å². The molecule has 0 aliphatic carbocycles. The minimum Gasteiger partial charge on any atom is -1.00 e. The maximum atomic E-state index is 3.99. The van der Waals surface area contributed by atoms with Crippen LogP contribution in [0.3, 0.4) is 0 Å². The van der Waals surface area contributed by atoms with E-state index in [9.17, 15) is 0 Å². The molecular weight excluding hydrogens is 612 g/mol. The molecule has 0 atom stereocenters. The minimum absolute atomic E-state index is 0. The van der Waals surface area contributed by atoms with Crippen molar-refractivity contribution in [2.75, 3.05) is 12.3 Å². The quantitative estimate of drug-likeness (QED) is 0.192. The standard InChI is InChI=1S/2C15H16P.2ClH.Sn/c2*1-2-13-16(14-9-5-3-6-10-14)15-11-7-4-8-12-15;;;/h2*3-12H,1-2,13H2;2*1H;/q;;;;+2/p-2. The zero-order valence-electron chi connectivity index (χ0n) is 19.9. The van der Waals surface area contributed by atoms with E-state index < -0.39 is 0 Å². The van der Waals surface area contributed by atoms with Gasteiger partial charge in [0.25, 0.3) is 0 Å². The summed E-state index contributed by atoms with van der Waals surface area (Å²) in [7, 11) is -0.427. The minimum atomic E-state index is -0.213. The normalized spacial score (nSPS) is 9.71. The third-order valence-corrected chi connectivity index (χ3v) is 10.2. The van der Waals surface area contributed by atoms with Crippen molar-refractivity contribution in [1.29, 1.82) is 0 Å². The van der Waals surface area contributed by atoms with Crippen LogP contribution in [0.4, 0.5) is 0 Å². The van der Waals surface area contributed by atoms with Crippen molar-refractivity contribution in [2.45, 2.75) is 12.8 Å². The molecule has 0 heterocycles. The fourth-order valence-corrected chi connectivity index (χ4v) is 7.95. The first-order chi connectivity index (χ1) is 15.8. The molecule has 4 aromatic carbocycles. The van der Waals surface area contributed by atoms with Crippen molar-refractivity contribution in [3.63, 3.8) is 0 Å². The first-order valence-corrected chi connectivity index (χ1v) is 14.2. The van der Waals surface area contributed by atoms with E-state index in [0.29, 0.717) is 0 Å². The Morgan fingerprint density at radius 2 is 0.600 bits per heavy atom. The van der Waals surface area contributed by atoms with Gasteiger partial charge in [-0.25, -0.2) is 0 Å². The molecule has 5 heteroatoms. The van der Waals surface area contributed by atoms with Gasteiger partial charge in [0.15, 0.2) is 0 Å². The van der Waals surface area contributed by atoms with E-state index in [1.54, 1.807) is 0 Å². The van der Waals surface area contributed by atoms with Crippen molar-refractivity contribution >= 4 is 61.0 Å². The summed E-state index contributed by atoms with van der Waals surface area (Å²) in [5, 5.41) is 5.81. The third-order valence-electron chi connectivity index (χ3n) is 5.03. The van der Waals surface area contributed by atoms with Gasteiger partial charge in [-0.15, -0.1) is 0 Å². The maximum absolute atomic E-state index is 3.99. The molecule has 180 valence electrons. The summed E-state index contributed by atoms with van der Waals surface area (Å²) < 4.78 is 0. The van der Waals surface area contributed by atoms with Crippen LogP contribution in [0.1, 0.15) is 12.8 Å². The van der Waals surface area contributed by atoms with Crippen molar-refractivity contribution in [1.82, 2.24) is 0 Å². The summed E-state index contributed by atoms with van der Waals surface area (Å²) in [4.78, 5) is 0. The molecule has 0 nitrogen and oxygen atoms in total. The molecule has 0 bridgehead atoms. The van der Waals surface area contributed by atoms with Gasteiger partial charge in [-0.3, -0.25) is 0 Å². The topological polar surface area (TPSA) is 0 Å². The molecule has 0 aliphatic rings. The summed E-state index contributed by atoms with van der Waals surface area (Å²) in [6.07, 6.45) is 4.33. The van der Waals surface area contributed by atoms with Crippen molar-refractivity contribution < 1.29 is 24.8 Å². The number of hydrogen-bond donors (Lipinski definition) is 0. The van der Waals surface area contributed by atoms with Crippen LogP contribution in [0.15, 0.2) is 121 Å². The molecule has 0 saturated heterocycles. The van der Waals surface area contributed by atoms with Gasteiger partial charge in [-0.1, -0.05) is 135 Å². The van der Waals surface area contributed by atoms with Crippen molar-refractivity contribution in [2.24, 2.45) is 0 Å². The Kier molecular flexibility index (Phi) is 19.7. The van der Waals surface area contributed by atoms with Gasteiger partial charge in [0.2, 0.25) is 0 Å². The van der Waals surface area contributed by atoms with E-state index >= 15 is 0 Å². The molecule has 0 amide bonds. The van der Waals surface area contributed by atoms with E-state index in [2.05, 4.69) is 135 Å². The van der Waals surface area contributed by atoms with Crippen molar-refractivity contribution in [3.8, 4) is 0 Å². The Bertz CT molecular complexity index is 839. The second-order valence-corrected chi connectivity index (χ2v) is 12.0. The molecule has 0 spiro atoms. The average Bonchev–Trinajstić information content (AvgIpc) is 2.88. The largest absolute Gasteiger partial charge is 2.00 e. The Hall–Kier alpha value is -0.881. The fraction of sp³-hybridized carbons (Fsp3) is 0.133. The predicted octanol–water partition coefficient (Wildman–Crippen LogP) is 0.314. The van der Waals surface area contributed by atoms with Crippen molar-refractivity contribution in [3.05, 3.63) is 135 Å². The molecule has 0 fully saturated rings. The Labute approximate surface area is 244 Å². The molecular formula is C30H32Cl2P2Sn. The van der Waals surface area contributed by atoms with E-state index in [0.717, 1.165) is 12.8 Å². The van der Waals surface area contributed by atoms with Gasteiger partial charge < -0.3 is 24.8 Å². The number of rotatable bonds is 8. The van der Waals surface area contributed by atoms with Gasteiger partial charge >= 0.3 is 23.9 Å². The summed E-state index contributed by atoms with van der Waals surface area (Å²) in [6.45, 7) is 7.99. The van der Waals surface area contributed by atoms with Crippen LogP contribution in [0.2, 0.25) is 0 Å². The maximum Gasteiger partial charge on any atom is 2.00 e. The summed E-state index contributed by atoms with van der Waals surface area (Å²) >= 11 is 0. The molecule has 4 radical (unpaired) electrons. The fourth-order valence-electron chi connectivity index (χ4n) is 3.56. The Balaban J connectivity index is 0.000000608. The molecule has 35 heavy (non-hydrogen) atoms. The Morgan fingerprint density at radius 1 is 0.400 bits per heavy atom. The Morgan fingerprint density at radius 3 is 0.771 bits per heavy atom. The molecule has 0 aliphatic heterocycles. The van der Waals surface area contributed by atoms with Crippen LogP contribution in [-0.4, -0.2) is 36.2 Å². The van der Waals surface area contributed by atoms with E-state index in [-0.39, 0.29) is 64.6 Å². The molecule has 0 N–H and O–H groups in total. The van der Waals surface area contributed by atoms with Crippen LogP contribution in [0.25, 0.3) is 0 Å². The number of halogens is 2.